The molecule has 1 atom stereocenters. The molecule has 1 aliphatic heterocycles. The number of esters is 1. The van der Waals surface area contributed by atoms with Crippen molar-refractivity contribution in [3.05, 3.63) is 150 Å². The Balaban J connectivity index is 1.59. The van der Waals surface area contributed by atoms with Crippen LogP contribution in [0.5, 0.6) is 0 Å². The Morgan fingerprint density at radius 1 is 1.00 bits per heavy atom. The number of rotatable bonds is 6. The Labute approximate surface area is 246 Å². The molecule has 0 bridgehead atoms. The number of halogens is 1. The highest BCUT2D eigenvalue weighted by atomic mass is 32.1. The predicted molar refractivity (Wildman–Crippen MR) is 163 cm³/mol. The summed E-state index contributed by atoms with van der Waals surface area (Å²) < 4.78 is 23.2. The second kappa shape index (κ2) is 11.2. The molecule has 42 heavy (non-hydrogen) atoms. The van der Waals surface area contributed by atoms with Crippen LogP contribution >= 0.6 is 11.3 Å². The zero-order chi connectivity index (χ0) is 29.4. The Hall–Kier alpha value is -4.82. The molecule has 3 heterocycles. The van der Waals surface area contributed by atoms with Crippen molar-refractivity contribution in [2.45, 2.75) is 26.8 Å². The molecule has 0 spiro atoms. The lowest BCUT2D eigenvalue weighted by atomic mass is 9.93. The largest absolute Gasteiger partial charge is 0.463 e. The van der Waals surface area contributed by atoms with E-state index in [1.165, 1.54) is 23.5 Å². The molecule has 8 heteroatoms. The van der Waals surface area contributed by atoms with Gasteiger partial charge in [0.15, 0.2) is 4.80 Å². The fourth-order valence-electron chi connectivity index (χ4n) is 5.45. The predicted octanol–water partition coefficient (Wildman–Crippen LogP) is 5.48. The molecule has 2 aromatic heterocycles. The fraction of sp³-hybridized carbons (Fsp3) is 0.147. The molecule has 3 aromatic carbocycles. The van der Waals surface area contributed by atoms with Crippen molar-refractivity contribution in [3.8, 4) is 5.69 Å². The Bertz CT molecular complexity index is 2000. The summed E-state index contributed by atoms with van der Waals surface area (Å²) in [7, 11) is 0. The van der Waals surface area contributed by atoms with Crippen LogP contribution in [0.3, 0.4) is 0 Å². The van der Waals surface area contributed by atoms with Gasteiger partial charge >= 0.3 is 5.97 Å². The van der Waals surface area contributed by atoms with Gasteiger partial charge in [0.1, 0.15) is 5.82 Å². The highest BCUT2D eigenvalue weighted by Crippen LogP contribution is 2.35. The zero-order valence-electron chi connectivity index (χ0n) is 23.4. The number of nitrogens with zero attached hydrogens (tertiary/aromatic N) is 3. The number of carbonyl (C=O) groups is 1. The van der Waals surface area contributed by atoms with Gasteiger partial charge in [0.25, 0.3) is 5.56 Å². The van der Waals surface area contributed by atoms with E-state index in [-0.39, 0.29) is 18.0 Å². The van der Waals surface area contributed by atoms with Crippen molar-refractivity contribution in [3.63, 3.8) is 0 Å². The third-order valence-electron chi connectivity index (χ3n) is 7.33. The third-order valence-corrected chi connectivity index (χ3v) is 8.31. The van der Waals surface area contributed by atoms with Crippen LogP contribution < -0.4 is 14.9 Å². The maximum Gasteiger partial charge on any atom is 0.338 e. The lowest BCUT2D eigenvalue weighted by Crippen LogP contribution is -2.40. The van der Waals surface area contributed by atoms with Crippen LogP contribution in [0.4, 0.5) is 4.39 Å². The summed E-state index contributed by atoms with van der Waals surface area (Å²) in [5.74, 6) is -0.807. The third kappa shape index (κ3) is 4.84. The highest BCUT2D eigenvalue weighted by molar-refractivity contribution is 7.07. The first-order chi connectivity index (χ1) is 20.4. The normalized spacial score (nSPS) is 15.0. The highest BCUT2D eigenvalue weighted by Gasteiger charge is 2.35. The second-order valence-electron chi connectivity index (χ2n) is 9.98. The molecule has 0 amide bonds. The smallest absolute Gasteiger partial charge is 0.338 e. The number of carbonyl (C=O) groups excluding carboxylic acids is 1. The Morgan fingerprint density at radius 2 is 1.67 bits per heavy atom. The van der Waals surface area contributed by atoms with E-state index in [0.717, 1.165) is 33.8 Å². The van der Waals surface area contributed by atoms with Gasteiger partial charge in [-0.2, -0.15) is 0 Å². The first kappa shape index (κ1) is 27.4. The molecule has 0 N–H and O–H groups in total. The summed E-state index contributed by atoms with van der Waals surface area (Å²) >= 11 is 1.29. The summed E-state index contributed by atoms with van der Waals surface area (Å²) in [6.07, 6.45) is 1.87. The average Bonchev–Trinajstić information content (AvgIpc) is 3.47. The SMILES string of the molecule is CCOC(=O)C1=C(c2ccccc2)N=c2s/c(=C\c3cc(C)n(-c4ccc(F)cc4)c3C)c(=O)n2[C@H]1c1ccccc1. The lowest BCUT2D eigenvalue weighted by molar-refractivity contribution is -0.138. The molecular weight excluding hydrogens is 549 g/mol. The van der Waals surface area contributed by atoms with Crippen LogP contribution in [-0.4, -0.2) is 21.7 Å². The molecule has 0 saturated carbocycles. The van der Waals surface area contributed by atoms with Crippen LogP contribution in [0.1, 0.15) is 41.0 Å². The minimum atomic E-state index is -0.717. The molecule has 6 nitrogen and oxygen atoms in total. The van der Waals surface area contributed by atoms with E-state index >= 15 is 0 Å². The second-order valence-corrected chi connectivity index (χ2v) is 11.0. The van der Waals surface area contributed by atoms with Gasteiger partial charge in [-0.3, -0.25) is 9.36 Å². The maximum atomic E-state index is 14.1. The number of hydrogen-bond acceptors (Lipinski definition) is 5. The first-order valence-electron chi connectivity index (χ1n) is 13.7. The van der Waals surface area contributed by atoms with Crippen molar-refractivity contribution in [2.24, 2.45) is 4.99 Å². The number of benzene rings is 3. The molecule has 0 radical (unpaired) electrons. The maximum absolute atomic E-state index is 14.1. The summed E-state index contributed by atoms with van der Waals surface area (Å²) in [6, 6.07) is 26.6. The van der Waals surface area contributed by atoms with Gasteiger partial charge in [-0.15, -0.1) is 0 Å². The molecule has 210 valence electrons. The van der Waals surface area contributed by atoms with Gasteiger partial charge in [0.05, 0.1) is 28.5 Å². The quantitative estimate of drug-likeness (QED) is 0.251. The van der Waals surface area contributed by atoms with E-state index < -0.39 is 12.0 Å². The first-order valence-corrected chi connectivity index (χ1v) is 14.5. The van der Waals surface area contributed by atoms with Crippen molar-refractivity contribution < 1.29 is 13.9 Å². The molecule has 0 unspecified atom stereocenters. The van der Waals surface area contributed by atoms with Crippen molar-refractivity contribution >= 4 is 29.1 Å². The number of fused-ring (bicyclic) bond motifs is 1. The van der Waals surface area contributed by atoms with Crippen LogP contribution in [0, 0.1) is 19.7 Å². The molecule has 5 aromatic rings. The van der Waals surface area contributed by atoms with Crippen molar-refractivity contribution in [2.75, 3.05) is 6.61 Å². The summed E-state index contributed by atoms with van der Waals surface area (Å²) in [4.78, 5) is 33.1. The molecule has 0 saturated heterocycles. The van der Waals surface area contributed by atoms with Gasteiger partial charge in [-0.25, -0.2) is 14.2 Å². The topological polar surface area (TPSA) is 65.6 Å². The molecular formula is C34H28FN3O3S. The van der Waals surface area contributed by atoms with E-state index in [1.54, 1.807) is 23.6 Å². The number of aromatic nitrogens is 2. The Morgan fingerprint density at radius 3 is 2.33 bits per heavy atom. The molecule has 0 fully saturated rings. The van der Waals surface area contributed by atoms with Crippen LogP contribution in [0.15, 0.2) is 106 Å². The van der Waals surface area contributed by atoms with Gasteiger partial charge in [0, 0.05) is 22.6 Å². The molecule has 1 aliphatic rings. The van der Waals surface area contributed by atoms with E-state index in [0.29, 0.717) is 20.6 Å². The van der Waals surface area contributed by atoms with E-state index in [2.05, 4.69) is 0 Å². The molecule has 0 aliphatic carbocycles. The minimum Gasteiger partial charge on any atom is -0.463 e. The van der Waals surface area contributed by atoms with Crippen LogP contribution in [0.2, 0.25) is 0 Å². The van der Waals surface area contributed by atoms with E-state index in [1.807, 2.05) is 91.2 Å². The van der Waals surface area contributed by atoms with Gasteiger partial charge in [-0.05, 0) is 68.3 Å². The standard InChI is InChI=1S/C34H28FN3O3S/c1-4-41-33(40)29-30(23-11-7-5-8-12-23)36-34-38(31(29)24-13-9-6-10-14-24)32(39)28(42-34)20-25-19-21(2)37(22(25)3)27-17-15-26(35)16-18-27/h5-20,31H,4H2,1-3H3/b28-20-/t31-/m0/s1. The van der Waals surface area contributed by atoms with E-state index in [4.69, 9.17) is 9.73 Å². The number of aryl methyl sites for hydroxylation is 1. The number of ether oxygens (including phenoxy) is 1. The van der Waals surface area contributed by atoms with Crippen molar-refractivity contribution in [1.29, 1.82) is 0 Å². The zero-order valence-corrected chi connectivity index (χ0v) is 24.2. The van der Waals surface area contributed by atoms with Gasteiger partial charge < -0.3 is 9.30 Å². The minimum absolute atomic E-state index is 0.194. The Kier molecular flexibility index (Phi) is 7.31. The lowest BCUT2D eigenvalue weighted by Gasteiger charge is -2.25. The van der Waals surface area contributed by atoms with Crippen LogP contribution in [-0.2, 0) is 9.53 Å². The number of thiazole rings is 1. The van der Waals surface area contributed by atoms with Gasteiger partial charge in [0.2, 0.25) is 0 Å². The average molecular weight is 578 g/mol. The monoisotopic (exact) mass is 577 g/mol. The van der Waals surface area contributed by atoms with Gasteiger partial charge in [-0.1, -0.05) is 72.0 Å². The summed E-state index contributed by atoms with van der Waals surface area (Å²) in [6.45, 7) is 5.90. The fourth-order valence-corrected chi connectivity index (χ4v) is 6.45. The summed E-state index contributed by atoms with van der Waals surface area (Å²) in [5, 5.41) is 0. The summed E-state index contributed by atoms with van der Waals surface area (Å²) in [5.41, 5.74) is 5.70. The number of hydrogen-bond donors (Lipinski definition) is 0. The molecule has 6 rings (SSSR count). The van der Waals surface area contributed by atoms with Crippen molar-refractivity contribution in [1.82, 2.24) is 9.13 Å². The van der Waals surface area contributed by atoms with Crippen LogP contribution in [0.25, 0.3) is 17.5 Å². The van der Waals surface area contributed by atoms with E-state index in [9.17, 15) is 14.0 Å².